The SMILES string of the molecule is CC(C)(C)c1nc2ccc(NCc3occc3Br)cc2[nH]1. The highest BCUT2D eigenvalue weighted by atomic mass is 79.9. The minimum Gasteiger partial charge on any atom is -0.466 e. The fourth-order valence-electron chi connectivity index (χ4n) is 2.11. The van der Waals surface area contributed by atoms with Gasteiger partial charge in [-0.05, 0) is 40.2 Å². The van der Waals surface area contributed by atoms with E-state index >= 15 is 0 Å². The number of fused-ring (bicyclic) bond motifs is 1. The monoisotopic (exact) mass is 347 g/mol. The molecule has 4 nitrogen and oxygen atoms in total. The highest BCUT2D eigenvalue weighted by molar-refractivity contribution is 9.10. The highest BCUT2D eigenvalue weighted by Crippen LogP contribution is 2.25. The predicted molar refractivity (Wildman–Crippen MR) is 88.5 cm³/mol. The fourth-order valence-corrected chi connectivity index (χ4v) is 2.45. The number of anilines is 1. The van der Waals surface area contributed by atoms with Gasteiger partial charge in [-0.2, -0.15) is 0 Å². The minimum atomic E-state index is 0.0195. The second kappa shape index (κ2) is 5.22. The van der Waals surface area contributed by atoms with E-state index in [9.17, 15) is 0 Å². The number of imidazole rings is 1. The Morgan fingerprint density at radius 1 is 1.29 bits per heavy atom. The number of aromatic nitrogens is 2. The van der Waals surface area contributed by atoms with Gasteiger partial charge in [0.1, 0.15) is 11.6 Å². The molecule has 110 valence electrons. The van der Waals surface area contributed by atoms with Crippen molar-refractivity contribution in [2.75, 3.05) is 5.32 Å². The van der Waals surface area contributed by atoms with Crippen LogP contribution in [-0.2, 0) is 12.0 Å². The van der Waals surface area contributed by atoms with Gasteiger partial charge in [0, 0.05) is 11.1 Å². The largest absolute Gasteiger partial charge is 0.466 e. The van der Waals surface area contributed by atoms with Crippen LogP contribution in [0.1, 0.15) is 32.4 Å². The topological polar surface area (TPSA) is 53.9 Å². The van der Waals surface area contributed by atoms with Gasteiger partial charge in [0.15, 0.2) is 0 Å². The number of hydrogen-bond donors (Lipinski definition) is 2. The summed E-state index contributed by atoms with van der Waals surface area (Å²) in [6, 6.07) is 8.03. The zero-order chi connectivity index (χ0) is 15.0. The molecule has 2 N–H and O–H groups in total. The Bertz CT molecular complexity index is 767. The van der Waals surface area contributed by atoms with E-state index in [0.29, 0.717) is 6.54 Å². The van der Waals surface area contributed by atoms with Crippen LogP contribution in [0.4, 0.5) is 5.69 Å². The summed E-state index contributed by atoms with van der Waals surface area (Å²) in [5.41, 5.74) is 3.09. The molecule has 0 saturated carbocycles. The van der Waals surface area contributed by atoms with Crippen molar-refractivity contribution < 1.29 is 4.42 Å². The Hall–Kier alpha value is -1.75. The number of furan rings is 1. The van der Waals surface area contributed by atoms with Crippen molar-refractivity contribution in [2.24, 2.45) is 0 Å². The van der Waals surface area contributed by atoms with Crippen molar-refractivity contribution in [3.8, 4) is 0 Å². The van der Waals surface area contributed by atoms with Crippen molar-refractivity contribution >= 4 is 32.7 Å². The Balaban J connectivity index is 1.82. The van der Waals surface area contributed by atoms with E-state index in [1.807, 2.05) is 18.2 Å². The van der Waals surface area contributed by atoms with Crippen LogP contribution in [0.5, 0.6) is 0 Å². The van der Waals surface area contributed by atoms with Crippen molar-refractivity contribution in [1.82, 2.24) is 9.97 Å². The number of nitrogens with zero attached hydrogens (tertiary/aromatic N) is 1. The fraction of sp³-hybridized carbons (Fsp3) is 0.312. The molecular formula is C16H18BrN3O. The van der Waals surface area contributed by atoms with Gasteiger partial charge in [-0.15, -0.1) is 0 Å². The van der Waals surface area contributed by atoms with Crippen molar-refractivity contribution in [2.45, 2.75) is 32.7 Å². The van der Waals surface area contributed by atoms with Crippen molar-refractivity contribution in [1.29, 1.82) is 0 Å². The average molecular weight is 348 g/mol. The lowest BCUT2D eigenvalue weighted by atomic mass is 9.96. The van der Waals surface area contributed by atoms with E-state index < -0.39 is 0 Å². The molecule has 0 aliphatic carbocycles. The van der Waals surface area contributed by atoms with E-state index in [0.717, 1.165) is 32.8 Å². The number of aromatic amines is 1. The number of hydrogen-bond acceptors (Lipinski definition) is 3. The number of benzene rings is 1. The van der Waals surface area contributed by atoms with E-state index in [-0.39, 0.29) is 5.41 Å². The molecule has 0 fully saturated rings. The third-order valence-electron chi connectivity index (χ3n) is 3.34. The van der Waals surface area contributed by atoms with Crippen LogP contribution >= 0.6 is 15.9 Å². The minimum absolute atomic E-state index is 0.0195. The molecule has 0 atom stereocenters. The van der Waals surface area contributed by atoms with Gasteiger partial charge in [-0.1, -0.05) is 20.8 Å². The van der Waals surface area contributed by atoms with Gasteiger partial charge >= 0.3 is 0 Å². The second-order valence-electron chi connectivity index (χ2n) is 6.11. The Labute approximate surface area is 132 Å². The van der Waals surface area contributed by atoms with E-state index in [2.05, 4.69) is 58.1 Å². The lowest BCUT2D eigenvalue weighted by molar-refractivity contribution is 0.516. The first-order valence-electron chi connectivity index (χ1n) is 6.89. The summed E-state index contributed by atoms with van der Waals surface area (Å²) >= 11 is 3.45. The maximum absolute atomic E-state index is 5.39. The van der Waals surface area contributed by atoms with Gasteiger partial charge in [-0.25, -0.2) is 4.98 Å². The van der Waals surface area contributed by atoms with Crippen LogP contribution in [0.3, 0.4) is 0 Å². The maximum atomic E-state index is 5.39. The third kappa shape index (κ3) is 2.97. The molecule has 21 heavy (non-hydrogen) atoms. The van der Waals surface area contributed by atoms with Crippen LogP contribution in [-0.4, -0.2) is 9.97 Å². The molecule has 3 rings (SSSR count). The first kappa shape index (κ1) is 14.2. The Morgan fingerprint density at radius 2 is 2.10 bits per heavy atom. The number of rotatable bonds is 3. The average Bonchev–Trinajstić information content (AvgIpc) is 3.01. The molecule has 1 aromatic carbocycles. The molecule has 5 heteroatoms. The van der Waals surface area contributed by atoms with E-state index in [1.165, 1.54) is 0 Å². The summed E-state index contributed by atoms with van der Waals surface area (Å²) in [5.74, 6) is 1.89. The second-order valence-corrected chi connectivity index (χ2v) is 6.97. The number of H-pyrrole nitrogens is 1. The predicted octanol–water partition coefficient (Wildman–Crippen LogP) is 4.83. The van der Waals surface area contributed by atoms with Crippen LogP contribution < -0.4 is 5.32 Å². The van der Waals surface area contributed by atoms with Crippen molar-refractivity contribution in [3.63, 3.8) is 0 Å². The zero-order valence-corrected chi connectivity index (χ0v) is 13.9. The first-order valence-corrected chi connectivity index (χ1v) is 7.69. The molecule has 2 heterocycles. The highest BCUT2D eigenvalue weighted by Gasteiger charge is 2.18. The molecule has 0 unspecified atom stereocenters. The molecule has 0 aliphatic heterocycles. The number of halogens is 1. The summed E-state index contributed by atoms with van der Waals surface area (Å²) in [4.78, 5) is 8.04. The summed E-state index contributed by atoms with van der Waals surface area (Å²) in [7, 11) is 0. The molecule has 0 radical (unpaired) electrons. The normalized spacial score (nSPS) is 12.0. The Kier molecular flexibility index (Phi) is 3.53. The van der Waals surface area contributed by atoms with Crippen molar-refractivity contribution in [3.05, 3.63) is 46.6 Å². The van der Waals surface area contributed by atoms with E-state index in [1.54, 1.807) is 6.26 Å². The first-order chi connectivity index (χ1) is 9.93. The molecule has 3 aromatic rings. The van der Waals surface area contributed by atoms with Crippen LogP contribution in [0.25, 0.3) is 11.0 Å². The molecule has 0 spiro atoms. The van der Waals surface area contributed by atoms with Crippen LogP contribution in [0.2, 0.25) is 0 Å². The summed E-state index contributed by atoms with van der Waals surface area (Å²) in [6.07, 6.45) is 1.68. The van der Waals surface area contributed by atoms with Crippen LogP contribution in [0, 0.1) is 0 Å². The van der Waals surface area contributed by atoms with Gasteiger partial charge < -0.3 is 14.7 Å². The van der Waals surface area contributed by atoms with Gasteiger partial charge in [0.25, 0.3) is 0 Å². The lowest BCUT2D eigenvalue weighted by Crippen LogP contribution is -2.12. The van der Waals surface area contributed by atoms with Gasteiger partial charge in [-0.3, -0.25) is 0 Å². The molecule has 0 amide bonds. The Morgan fingerprint density at radius 3 is 2.76 bits per heavy atom. The molecular weight excluding hydrogens is 330 g/mol. The number of nitrogens with one attached hydrogen (secondary N) is 2. The molecule has 0 saturated heterocycles. The summed E-state index contributed by atoms with van der Waals surface area (Å²) in [6.45, 7) is 7.09. The van der Waals surface area contributed by atoms with Gasteiger partial charge in [0.2, 0.25) is 0 Å². The molecule has 0 bridgehead atoms. The quantitative estimate of drug-likeness (QED) is 0.713. The third-order valence-corrected chi connectivity index (χ3v) is 4.04. The summed E-state index contributed by atoms with van der Waals surface area (Å²) in [5, 5.41) is 3.36. The molecule has 2 aromatic heterocycles. The zero-order valence-electron chi connectivity index (χ0n) is 12.3. The van der Waals surface area contributed by atoms with Crippen LogP contribution in [0.15, 0.2) is 39.4 Å². The lowest BCUT2D eigenvalue weighted by Gasteiger charge is -2.13. The smallest absolute Gasteiger partial charge is 0.136 e. The standard InChI is InChI=1S/C16H18BrN3O/c1-16(2,3)15-19-12-5-4-10(8-13(12)20-15)18-9-14-11(17)6-7-21-14/h4-8,18H,9H2,1-3H3,(H,19,20). The maximum Gasteiger partial charge on any atom is 0.136 e. The van der Waals surface area contributed by atoms with Gasteiger partial charge in [0.05, 0.1) is 28.3 Å². The molecule has 0 aliphatic rings. The summed E-state index contributed by atoms with van der Waals surface area (Å²) < 4.78 is 6.37. The van der Waals surface area contributed by atoms with E-state index in [4.69, 9.17) is 4.42 Å².